The van der Waals surface area contributed by atoms with E-state index in [0.717, 1.165) is 11.6 Å². The Bertz CT molecular complexity index is 1050. The van der Waals surface area contributed by atoms with Gasteiger partial charge in [0, 0.05) is 23.8 Å². The number of hydrazine groups is 1. The molecule has 34 heavy (non-hydrogen) atoms. The van der Waals surface area contributed by atoms with E-state index < -0.39 is 18.2 Å². The van der Waals surface area contributed by atoms with Crippen LogP contribution in [0.1, 0.15) is 42.3 Å². The summed E-state index contributed by atoms with van der Waals surface area (Å²) in [7, 11) is 1.39. The highest BCUT2D eigenvalue weighted by Gasteiger charge is 2.45. The minimum atomic E-state index is -4.46. The zero-order valence-corrected chi connectivity index (χ0v) is 19.5. The van der Waals surface area contributed by atoms with Gasteiger partial charge in [0.2, 0.25) is 5.88 Å². The number of allylic oxidation sites excluding steroid dienone is 3. The van der Waals surface area contributed by atoms with Gasteiger partial charge in [0.15, 0.2) is 0 Å². The first-order valence-electron chi connectivity index (χ1n) is 11.1. The third-order valence-electron chi connectivity index (χ3n) is 5.49. The number of nitrogens with zero attached hydrogens (tertiary/aromatic N) is 2. The standard InChI is InChI=1S/C22H22F3N3O4.C2H6/c1-3-32-20(29)12-27-9-8-14-10-13(4-5-16(14)21(27)30)15-6-7-19(31-2)28-17(15)11-18(26-28)22(23,24)25;1-2/h4-7,10-11,18,26H,3,8-9,12H2,1-2H3;1-2H3. The average molecular weight is 479 g/mol. The molecule has 3 aliphatic rings. The molecule has 1 unspecified atom stereocenters. The van der Waals surface area contributed by atoms with E-state index in [4.69, 9.17) is 9.47 Å². The normalized spacial score (nSPS) is 19.2. The number of nitrogens with one attached hydrogen (secondary N) is 1. The maximum Gasteiger partial charge on any atom is 0.409 e. The topological polar surface area (TPSA) is 71.1 Å². The van der Waals surface area contributed by atoms with Crippen molar-refractivity contribution in [2.45, 2.75) is 39.4 Å². The molecule has 3 aliphatic heterocycles. The van der Waals surface area contributed by atoms with Crippen molar-refractivity contribution >= 4 is 17.4 Å². The lowest BCUT2D eigenvalue weighted by atomic mass is 9.92. The fourth-order valence-corrected chi connectivity index (χ4v) is 3.97. The maximum absolute atomic E-state index is 13.3. The van der Waals surface area contributed by atoms with Crippen molar-refractivity contribution in [3.8, 4) is 0 Å². The molecule has 0 spiro atoms. The highest BCUT2D eigenvalue weighted by molar-refractivity contribution is 5.99. The van der Waals surface area contributed by atoms with Gasteiger partial charge in [-0.1, -0.05) is 26.0 Å². The summed E-state index contributed by atoms with van der Waals surface area (Å²) < 4.78 is 50.1. The Balaban J connectivity index is 0.00000158. The second-order valence-electron chi connectivity index (χ2n) is 7.48. The van der Waals surface area contributed by atoms with E-state index in [9.17, 15) is 22.8 Å². The van der Waals surface area contributed by atoms with Crippen molar-refractivity contribution in [2.75, 3.05) is 26.8 Å². The highest BCUT2D eigenvalue weighted by Crippen LogP contribution is 2.39. The number of carbonyl (C=O) groups excluding carboxylic acids is 2. The van der Waals surface area contributed by atoms with Crippen LogP contribution in [-0.4, -0.2) is 60.8 Å². The molecule has 1 N–H and O–H groups in total. The average Bonchev–Trinajstić information content (AvgIpc) is 3.28. The first kappa shape index (κ1) is 25.4. The Morgan fingerprint density at radius 2 is 1.97 bits per heavy atom. The van der Waals surface area contributed by atoms with Crippen molar-refractivity contribution in [2.24, 2.45) is 0 Å². The Morgan fingerprint density at radius 1 is 1.24 bits per heavy atom. The van der Waals surface area contributed by atoms with Crippen LogP contribution in [0.2, 0.25) is 0 Å². The van der Waals surface area contributed by atoms with Gasteiger partial charge in [0.05, 0.1) is 19.4 Å². The van der Waals surface area contributed by atoms with Crippen molar-refractivity contribution in [1.29, 1.82) is 0 Å². The molecule has 1 aromatic rings. The van der Waals surface area contributed by atoms with E-state index >= 15 is 0 Å². The molecule has 1 atom stereocenters. The van der Waals surface area contributed by atoms with Gasteiger partial charge in [-0.15, -0.1) is 0 Å². The molecule has 0 aromatic heterocycles. The number of ether oxygens (including phenoxy) is 2. The van der Waals surface area contributed by atoms with Gasteiger partial charge in [-0.25, -0.2) is 10.4 Å². The van der Waals surface area contributed by atoms with Crippen molar-refractivity contribution in [3.63, 3.8) is 0 Å². The molecule has 0 saturated heterocycles. The van der Waals surface area contributed by atoms with Gasteiger partial charge in [-0.3, -0.25) is 9.59 Å². The number of amides is 1. The summed E-state index contributed by atoms with van der Waals surface area (Å²) in [5.74, 6) is -0.492. The monoisotopic (exact) mass is 479 g/mol. The minimum absolute atomic E-state index is 0.115. The Hall–Kier alpha value is -3.27. The molecule has 0 saturated carbocycles. The van der Waals surface area contributed by atoms with Crippen LogP contribution in [0.4, 0.5) is 13.2 Å². The summed E-state index contributed by atoms with van der Waals surface area (Å²) in [6.45, 7) is 6.18. The number of halogens is 3. The van der Waals surface area contributed by atoms with E-state index in [2.05, 4.69) is 5.43 Å². The molecule has 3 heterocycles. The predicted octanol–water partition coefficient (Wildman–Crippen LogP) is 3.79. The molecule has 0 fully saturated rings. The van der Waals surface area contributed by atoms with E-state index in [0.29, 0.717) is 35.4 Å². The summed E-state index contributed by atoms with van der Waals surface area (Å²) in [4.78, 5) is 26.0. The Labute approximate surface area is 196 Å². The van der Waals surface area contributed by atoms with E-state index in [-0.39, 0.29) is 24.9 Å². The smallest absolute Gasteiger partial charge is 0.409 e. The molecule has 184 valence electrons. The fourth-order valence-electron chi connectivity index (χ4n) is 3.97. The maximum atomic E-state index is 13.3. The summed E-state index contributed by atoms with van der Waals surface area (Å²) >= 11 is 0. The van der Waals surface area contributed by atoms with E-state index in [1.165, 1.54) is 17.0 Å². The lowest BCUT2D eigenvalue weighted by Gasteiger charge is -2.30. The largest absolute Gasteiger partial charge is 0.481 e. The quantitative estimate of drug-likeness (QED) is 0.648. The first-order chi connectivity index (χ1) is 16.2. The molecule has 0 radical (unpaired) electrons. The zero-order chi connectivity index (χ0) is 25.0. The zero-order valence-electron chi connectivity index (χ0n) is 19.5. The Kier molecular flexibility index (Phi) is 7.71. The third-order valence-corrected chi connectivity index (χ3v) is 5.49. The number of benzene rings is 1. The number of carbonyl (C=O) groups is 2. The van der Waals surface area contributed by atoms with Crippen LogP contribution in [0.5, 0.6) is 0 Å². The molecule has 1 amide bonds. The van der Waals surface area contributed by atoms with Gasteiger partial charge < -0.3 is 14.4 Å². The lowest BCUT2D eigenvalue weighted by Crippen LogP contribution is -2.44. The van der Waals surface area contributed by atoms with Crippen molar-refractivity contribution < 1.29 is 32.2 Å². The molecule has 0 bridgehead atoms. The third kappa shape index (κ3) is 4.96. The Morgan fingerprint density at radius 3 is 2.62 bits per heavy atom. The molecule has 0 aliphatic carbocycles. The van der Waals surface area contributed by atoms with Crippen LogP contribution in [0.25, 0.3) is 5.57 Å². The van der Waals surface area contributed by atoms with Crippen LogP contribution < -0.4 is 5.43 Å². The van der Waals surface area contributed by atoms with Crippen LogP contribution in [0.3, 0.4) is 0 Å². The molecular formula is C24H28F3N3O4. The van der Waals surface area contributed by atoms with Crippen LogP contribution in [0, 0.1) is 0 Å². The van der Waals surface area contributed by atoms with Gasteiger partial charge in [0.1, 0.15) is 12.6 Å². The summed E-state index contributed by atoms with van der Waals surface area (Å²) in [6, 6.07) is 3.32. The molecule has 4 rings (SSSR count). The minimum Gasteiger partial charge on any atom is -0.481 e. The van der Waals surface area contributed by atoms with Gasteiger partial charge >= 0.3 is 12.1 Å². The van der Waals surface area contributed by atoms with E-state index in [1.807, 2.05) is 19.9 Å². The second kappa shape index (κ2) is 10.3. The summed E-state index contributed by atoms with van der Waals surface area (Å²) in [5, 5.41) is 1.28. The molecule has 7 nitrogen and oxygen atoms in total. The summed E-state index contributed by atoms with van der Waals surface area (Å²) in [6.07, 6.45) is 0.459. The SMILES string of the molecule is CC.CCOC(=O)CN1CCc2cc(C3=CC=C(OC)N4NC(C(F)(F)F)C=C34)ccc2C1=O. The van der Waals surface area contributed by atoms with Crippen LogP contribution in [0.15, 0.2) is 48.0 Å². The first-order valence-corrected chi connectivity index (χ1v) is 11.1. The van der Waals surface area contributed by atoms with E-state index in [1.54, 1.807) is 31.2 Å². The number of esters is 1. The molecule has 1 aromatic carbocycles. The molecule has 10 heteroatoms. The number of fused-ring (bicyclic) bond motifs is 2. The fraction of sp³-hybridized carbons (Fsp3) is 0.417. The number of hydrogen-bond acceptors (Lipinski definition) is 6. The lowest BCUT2D eigenvalue weighted by molar-refractivity contribution is -0.149. The van der Waals surface area contributed by atoms with Gasteiger partial charge in [0.25, 0.3) is 5.91 Å². The number of rotatable bonds is 5. The second-order valence-corrected chi connectivity index (χ2v) is 7.48. The van der Waals surface area contributed by atoms with Crippen LogP contribution >= 0.6 is 0 Å². The number of alkyl halides is 3. The molecular weight excluding hydrogens is 451 g/mol. The predicted molar refractivity (Wildman–Crippen MR) is 120 cm³/mol. The summed E-state index contributed by atoms with van der Waals surface area (Å²) in [5.41, 5.74) is 5.25. The van der Waals surface area contributed by atoms with Gasteiger partial charge in [-0.05, 0) is 42.7 Å². The number of methoxy groups -OCH3 is 1. The van der Waals surface area contributed by atoms with Gasteiger partial charge in [-0.2, -0.15) is 13.2 Å². The van der Waals surface area contributed by atoms with Crippen molar-refractivity contribution in [3.05, 3.63) is 64.7 Å². The van der Waals surface area contributed by atoms with Crippen molar-refractivity contribution in [1.82, 2.24) is 15.3 Å². The number of hydrogen-bond donors (Lipinski definition) is 1. The van der Waals surface area contributed by atoms with Crippen LogP contribution in [-0.2, 0) is 20.7 Å². The highest BCUT2D eigenvalue weighted by atomic mass is 19.4.